The Morgan fingerprint density at radius 2 is 1.61 bits per heavy atom. The van der Waals surface area contributed by atoms with Crippen molar-refractivity contribution >= 4 is 22.8 Å². The summed E-state index contributed by atoms with van der Waals surface area (Å²) in [6.07, 6.45) is 1.26. The van der Waals surface area contributed by atoms with Crippen molar-refractivity contribution < 1.29 is 18.7 Å². The Balaban J connectivity index is 1.47. The van der Waals surface area contributed by atoms with Crippen LogP contribution in [-0.2, 0) is 9.53 Å². The first-order valence-corrected chi connectivity index (χ1v) is 10.9. The minimum absolute atomic E-state index is 0.0313. The molecule has 1 aromatic heterocycles. The van der Waals surface area contributed by atoms with Crippen molar-refractivity contribution in [1.29, 1.82) is 0 Å². The average molecular weight is 429 g/mol. The summed E-state index contributed by atoms with van der Waals surface area (Å²) in [6.45, 7) is 9.72. The lowest BCUT2D eigenvalue weighted by atomic mass is 9.94. The number of aromatic nitrogens is 2. The van der Waals surface area contributed by atoms with Gasteiger partial charge in [-0.1, -0.05) is 0 Å². The van der Waals surface area contributed by atoms with Crippen LogP contribution in [0, 0.1) is 25.6 Å². The predicted octanol–water partition coefficient (Wildman–Crippen LogP) is 2.87. The maximum Gasteiger partial charge on any atom is 0.256 e. The number of halogens is 1. The van der Waals surface area contributed by atoms with Gasteiger partial charge in [0, 0.05) is 38.2 Å². The van der Waals surface area contributed by atoms with Gasteiger partial charge in [-0.25, -0.2) is 14.4 Å². The topological polar surface area (TPSA) is 75.6 Å². The summed E-state index contributed by atoms with van der Waals surface area (Å²) in [5.41, 5.74) is 2.45. The Hall–Kier alpha value is -2.61. The number of carbonyl (C=O) groups is 2. The van der Waals surface area contributed by atoms with Gasteiger partial charge in [0.25, 0.3) is 5.91 Å². The van der Waals surface area contributed by atoms with Crippen LogP contribution in [0.5, 0.6) is 0 Å². The lowest BCUT2D eigenvalue weighted by Gasteiger charge is -2.39. The molecule has 31 heavy (non-hydrogen) atoms. The van der Waals surface area contributed by atoms with Crippen LogP contribution in [-0.4, -0.2) is 70.0 Å². The third-order valence-electron chi connectivity index (χ3n) is 6.24. The van der Waals surface area contributed by atoms with Gasteiger partial charge < -0.3 is 14.5 Å². The highest BCUT2D eigenvalue weighted by Crippen LogP contribution is 2.26. The van der Waals surface area contributed by atoms with E-state index in [1.165, 1.54) is 12.1 Å². The molecule has 2 atom stereocenters. The number of rotatable bonds is 2. The number of amides is 2. The minimum atomic E-state index is -0.506. The lowest BCUT2D eigenvalue weighted by molar-refractivity contribution is -0.148. The fourth-order valence-corrected chi connectivity index (χ4v) is 4.58. The molecule has 0 spiro atoms. The molecule has 2 aliphatic heterocycles. The summed E-state index contributed by atoms with van der Waals surface area (Å²) in [5, 5.41) is 0. The van der Waals surface area contributed by atoms with Crippen molar-refractivity contribution in [3.8, 4) is 0 Å². The SMILES string of the molecule is Cc1nc2cc(F)cc(C(=O)N3CCC(C(=O)N4CC(C)OC(C)C4)CC3)c2nc1C. The van der Waals surface area contributed by atoms with Crippen LogP contribution in [0.15, 0.2) is 12.1 Å². The van der Waals surface area contributed by atoms with Gasteiger partial charge in [-0.3, -0.25) is 9.59 Å². The van der Waals surface area contributed by atoms with E-state index < -0.39 is 5.82 Å². The Bertz CT molecular complexity index is 1010. The molecular formula is C23H29FN4O3. The second-order valence-corrected chi connectivity index (χ2v) is 8.78. The van der Waals surface area contributed by atoms with E-state index in [0.29, 0.717) is 61.4 Å². The van der Waals surface area contributed by atoms with Crippen molar-refractivity contribution in [1.82, 2.24) is 19.8 Å². The molecule has 2 aliphatic rings. The third kappa shape index (κ3) is 4.39. The van der Waals surface area contributed by atoms with E-state index in [4.69, 9.17) is 4.74 Å². The van der Waals surface area contributed by atoms with Gasteiger partial charge in [-0.2, -0.15) is 0 Å². The number of morpholine rings is 1. The number of carbonyl (C=O) groups excluding carboxylic acids is 2. The zero-order valence-electron chi connectivity index (χ0n) is 18.5. The number of piperidine rings is 1. The standard InChI is InChI=1S/C23H29FN4O3/c1-13-11-28(12-14(2)31-13)22(29)17-5-7-27(8-6-17)23(30)19-9-18(24)10-20-21(19)26-16(4)15(3)25-20/h9-10,13-14,17H,5-8,11-12H2,1-4H3. The van der Waals surface area contributed by atoms with Crippen LogP contribution in [0.1, 0.15) is 48.4 Å². The molecule has 0 N–H and O–H groups in total. The Morgan fingerprint density at radius 1 is 1.00 bits per heavy atom. The third-order valence-corrected chi connectivity index (χ3v) is 6.24. The highest BCUT2D eigenvalue weighted by Gasteiger charge is 2.34. The van der Waals surface area contributed by atoms with Crippen molar-refractivity contribution in [2.45, 2.75) is 52.7 Å². The molecule has 0 bridgehead atoms. The molecule has 3 heterocycles. The number of hydrogen-bond acceptors (Lipinski definition) is 5. The Morgan fingerprint density at radius 3 is 2.26 bits per heavy atom. The average Bonchev–Trinajstić information content (AvgIpc) is 2.73. The fourth-order valence-electron chi connectivity index (χ4n) is 4.58. The van der Waals surface area contributed by atoms with Crippen LogP contribution in [0.4, 0.5) is 4.39 Å². The molecule has 0 radical (unpaired) electrons. The van der Waals surface area contributed by atoms with Gasteiger partial charge in [0.2, 0.25) is 5.91 Å². The second-order valence-electron chi connectivity index (χ2n) is 8.78. The molecule has 8 heteroatoms. The van der Waals surface area contributed by atoms with Gasteiger partial charge in [0.05, 0.1) is 34.7 Å². The molecule has 2 unspecified atom stereocenters. The minimum Gasteiger partial charge on any atom is -0.372 e. The lowest BCUT2D eigenvalue weighted by Crippen LogP contribution is -2.51. The number of fused-ring (bicyclic) bond motifs is 1. The van der Waals surface area contributed by atoms with Crippen molar-refractivity contribution in [3.05, 3.63) is 34.9 Å². The monoisotopic (exact) mass is 428 g/mol. The van der Waals surface area contributed by atoms with Crippen molar-refractivity contribution in [2.75, 3.05) is 26.2 Å². The van der Waals surface area contributed by atoms with Gasteiger partial charge in [-0.15, -0.1) is 0 Å². The van der Waals surface area contributed by atoms with Crippen molar-refractivity contribution in [3.63, 3.8) is 0 Å². The van der Waals surface area contributed by atoms with E-state index in [-0.39, 0.29) is 35.5 Å². The highest BCUT2D eigenvalue weighted by molar-refractivity contribution is 6.04. The predicted molar refractivity (Wildman–Crippen MR) is 114 cm³/mol. The maximum atomic E-state index is 14.2. The summed E-state index contributed by atoms with van der Waals surface area (Å²) >= 11 is 0. The first-order valence-electron chi connectivity index (χ1n) is 10.9. The Kier molecular flexibility index (Phi) is 5.92. The maximum absolute atomic E-state index is 14.2. The van der Waals surface area contributed by atoms with Crippen LogP contribution in [0.3, 0.4) is 0 Å². The van der Waals surface area contributed by atoms with E-state index >= 15 is 0 Å². The van der Waals surface area contributed by atoms with Gasteiger partial charge in [0.15, 0.2) is 0 Å². The quantitative estimate of drug-likeness (QED) is 0.735. The van der Waals surface area contributed by atoms with Crippen LogP contribution < -0.4 is 0 Å². The molecule has 2 amide bonds. The van der Waals surface area contributed by atoms with Crippen LogP contribution in [0.2, 0.25) is 0 Å². The van der Waals surface area contributed by atoms with Crippen LogP contribution >= 0.6 is 0 Å². The molecule has 0 saturated carbocycles. The molecule has 166 valence electrons. The summed E-state index contributed by atoms with van der Waals surface area (Å²) in [6, 6.07) is 2.54. The van der Waals surface area contributed by atoms with Crippen molar-refractivity contribution in [2.24, 2.45) is 5.92 Å². The molecule has 2 aromatic rings. The number of nitrogens with zero attached hydrogens (tertiary/aromatic N) is 4. The van der Waals surface area contributed by atoms with Gasteiger partial charge in [0.1, 0.15) is 11.3 Å². The largest absolute Gasteiger partial charge is 0.372 e. The zero-order valence-corrected chi connectivity index (χ0v) is 18.5. The summed E-state index contributed by atoms with van der Waals surface area (Å²) in [7, 11) is 0. The molecule has 4 rings (SSSR count). The van der Waals surface area contributed by atoms with Gasteiger partial charge >= 0.3 is 0 Å². The number of hydrogen-bond donors (Lipinski definition) is 0. The number of benzene rings is 1. The van der Waals surface area contributed by atoms with Gasteiger partial charge in [-0.05, 0) is 46.6 Å². The van der Waals surface area contributed by atoms with E-state index in [9.17, 15) is 14.0 Å². The molecule has 0 aliphatic carbocycles. The molecule has 1 aromatic carbocycles. The molecule has 2 fully saturated rings. The zero-order chi connectivity index (χ0) is 22.3. The number of likely N-dealkylation sites (tertiary alicyclic amines) is 1. The molecule has 2 saturated heterocycles. The van der Waals surface area contributed by atoms with E-state index in [1.807, 2.05) is 32.6 Å². The molecular weight excluding hydrogens is 399 g/mol. The summed E-state index contributed by atoms with van der Waals surface area (Å²) < 4.78 is 19.9. The van der Waals surface area contributed by atoms with E-state index in [0.717, 1.165) is 0 Å². The number of aryl methyl sites for hydroxylation is 2. The summed E-state index contributed by atoms with van der Waals surface area (Å²) in [4.78, 5) is 38.7. The van der Waals surface area contributed by atoms with E-state index in [2.05, 4.69) is 9.97 Å². The fraction of sp³-hybridized carbons (Fsp3) is 0.565. The smallest absolute Gasteiger partial charge is 0.256 e. The number of ether oxygens (including phenoxy) is 1. The second kappa shape index (κ2) is 8.49. The van der Waals surface area contributed by atoms with Crippen LogP contribution in [0.25, 0.3) is 11.0 Å². The normalized spacial score (nSPS) is 22.7. The Labute approximate surface area is 181 Å². The first-order chi connectivity index (χ1) is 14.7. The highest BCUT2D eigenvalue weighted by atomic mass is 19.1. The first kappa shape index (κ1) is 21.6. The van der Waals surface area contributed by atoms with E-state index in [1.54, 1.807) is 4.90 Å². The molecule has 7 nitrogen and oxygen atoms in total. The summed E-state index contributed by atoms with van der Waals surface area (Å²) in [5.74, 6) is -0.728.